The van der Waals surface area contributed by atoms with E-state index >= 15 is 0 Å². The number of aliphatic imine (C=N–C) groups is 1. The monoisotopic (exact) mass is 391 g/mol. The van der Waals surface area contributed by atoms with E-state index in [4.69, 9.17) is 4.52 Å². The number of aryl methyl sites for hydroxylation is 2. The molecule has 27 heavy (non-hydrogen) atoms. The first-order valence-corrected chi connectivity index (χ1v) is 10.1. The fourth-order valence-corrected chi connectivity index (χ4v) is 3.23. The molecule has 0 saturated heterocycles. The zero-order valence-corrected chi connectivity index (χ0v) is 17.4. The molecule has 0 aliphatic rings. The number of aromatic nitrogens is 1. The maximum absolute atomic E-state index is 11.9. The molecule has 8 heteroatoms. The molecule has 0 fully saturated rings. The van der Waals surface area contributed by atoms with Crippen LogP contribution in [0.25, 0.3) is 0 Å². The first-order chi connectivity index (χ1) is 13.0. The summed E-state index contributed by atoms with van der Waals surface area (Å²) in [5.74, 6) is 1.49. The molecule has 2 N–H and O–H groups in total. The van der Waals surface area contributed by atoms with Crippen molar-refractivity contribution in [1.29, 1.82) is 0 Å². The summed E-state index contributed by atoms with van der Waals surface area (Å²) in [7, 11) is 3.48. The average Bonchev–Trinajstić information content (AvgIpc) is 3.31. The van der Waals surface area contributed by atoms with E-state index in [0.717, 1.165) is 42.8 Å². The average molecular weight is 392 g/mol. The van der Waals surface area contributed by atoms with Gasteiger partial charge in [-0.15, -0.1) is 11.3 Å². The molecule has 0 saturated carbocycles. The summed E-state index contributed by atoms with van der Waals surface area (Å²) in [5, 5.41) is 12.6. The van der Waals surface area contributed by atoms with E-state index in [1.165, 1.54) is 4.88 Å². The van der Waals surface area contributed by atoms with Crippen LogP contribution in [-0.4, -0.2) is 49.1 Å². The van der Waals surface area contributed by atoms with E-state index in [9.17, 15) is 4.79 Å². The van der Waals surface area contributed by atoms with Crippen molar-refractivity contribution in [3.8, 4) is 0 Å². The van der Waals surface area contributed by atoms with Crippen molar-refractivity contribution < 1.29 is 9.32 Å². The fourth-order valence-electron chi connectivity index (χ4n) is 2.53. The lowest BCUT2D eigenvalue weighted by Gasteiger charge is -2.15. The maximum Gasteiger partial charge on any atom is 0.241 e. The lowest BCUT2D eigenvalue weighted by atomic mass is 10.1. The van der Waals surface area contributed by atoms with Gasteiger partial charge in [-0.3, -0.25) is 4.79 Å². The summed E-state index contributed by atoms with van der Waals surface area (Å²) in [6, 6.07) is 4.16. The van der Waals surface area contributed by atoms with Gasteiger partial charge in [-0.1, -0.05) is 25.1 Å². The van der Waals surface area contributed by atoms with Crippen LogP contribution >= 0.6 is 11.3 Å². The SMILES string of the molecule is CCc1noc(CC)c1CN=C(NCCc1cccs1)NCC(=O)N(C)C. The van der Waals surface area contributed by atoms with E-state index in [-0.39, 0.29) is 12.5 Å². The van der Waals surface area contributed by atoms with Gasteiger partial charge in [-0.25, -0.2) is 4.99 Å². The first-order valence-electron chi connectivity index (χ1n) is 9.26. The largest absolute Gasteiger partial charge is 0.361 e. The van der Waals surface area contributed by atoms with Crippen molar-refractivity contribution in [2.45, 2.75) is 39.7 Å². The highest BCUT2D eigenvalue weighted by Gasteiger charge is 2.13. The van der Waals surface area contributed by atoms with Crippen LogP contribution in [-0.2, 0) is 30.6 Å². The first kappa shape index (κ1) is 21.0. The van der Waals surface area contributed by atoms with Crippen LogP contribution in [0.5, 0.6) is 0 Å². The van der Waals surface area contributed by atoms with Gasteiger partial charge in [0.1, 0.15) is 5.76 Å². The van der Waals surface area contributed by atoms with Gasteiger partial charge in [0.15, 0.2) is 5.96 Å². The molecule has 0 unspecified atom stereocenters. The van der Waals surface area contributed by atoms with Crippen LogP contribution in [0.1, 0.15) is 35.7 Å². The number of likely N-dealkylation sites (N-methyl/N-ethyl adjacent to an activating group) is 1. The summed E-state index contributed by atoms with van der Waals surface area (Å²) in [6.45, 7) is 5.51. The second-order valence-electron chi connectivity index (χ2n) is 6.30. The van der Waals surface area contributed by atoms with Gasteiger partial charge in [0, 0.05) is 37.5 Å². The van der Waals surface area contributed by atoms with E-state index < -0.39 is 0 Å². The molecule has 2 rings (SSSR count). The Bertz CT molecular complexity index is 716. The predicted molar refractivity (Wildman–Crippen MR) is 109 cm³/mol. The highest BCUT2D eigenvalue weighted by atomic mass is 32.1. The van der Waals surface area contributed by atoms with Crippen LogP contribution in [0.3, 0.4) is 0 Å². The molecule has 2 heterocycles. The molecule has 1 amide bonds. The van der Waals surface area contributed by atoms with Gasteiger partial charge >= 0.3 is 0 Å². The van der Waals surface area contributed by atoms with Crippen molar-refractivity contribution >= 4 is 23.2 Å². The minimum absolute atomic E-state index is 0.00349. The van der Waals surface area contributed by atoms with Gasteiger partial charge in [0.05, 0.1) is 18.8 Å². The normalized spacial score (nSPS) is 11.5. The number of nitrogens with zero attached hydrogens (tertiary/aromatic N) is 3. The molecule has 7 nitrogen and oxygen atoms in total. The Hall–Kier alpha value is -2.35. The minimum atomic E-state index is -0.00349. The van der Waals surface area contributed by atoms with E-state index in [1.54, 1.807) is 30.3 Å². The number of nitrogens with one attached hydrogen (secondary N) is 2. The zero-order chi connectivity index (χ0) is 19.6. The molecule has 0 aliphatic carbocycles. The number of carbonyl (C=O) groups excluding carboxylic acids is 1. The quantitative estimate of drug-likeness (QED) is 0.506. The summed E-state index contributed by atoms with van der Waals surface area (Å²) < 4.78 is 5.41. The Labute approximate surface area is 164 Å². The van der Waals surface area contributed by atoms with Gasteiger partial charge in [-0.2, -0.15) is 0 Å². The van der Waals surface area contributed by atoms with Crippen LogP contribution in [0.2, 0.25) is 0 Å². The Kier molecular flexibility index (Phi) is 8.32. The number of thiophene rings is 1. The summed E-state index contributed by atoms with van der Waals surface area (Å²) in [5.41, 5.74) is 1.98. The van der Waals surface area contributed by atoms with Crippen molar-refractivity contribution in [2.24, 2.45) is 4.99 Å². The standard InChI is InChI=1S/C19H29N5O2S/c1-5-16-15(17(6-2)26-23-16)12-21-19(22-13-18(25)24(3)4)20-10-9-14-8-7-11-27-14/h7-8,11H,5-6,9-10,12-13H2,1-4H3,(H2,20,21,22). The number of rotatable bonds is 9. The third kappa shape index (κ3) is 6.39. The highest BCUT2D eigenvalue weighted by Crippen LogP contribution is 2.16. The van der Waals surface area contributed by atoms with Crippen molar-refractivity contribution in [3.63, 3.8) is 0 Å². The molecular weight excluding hydrogens is 362 g/mol. The predicted octanol–water partition coefficient (Wildman–Crippen LogP) is 2.23. The zero-order valence-electron chi connectivity index (χ0n) is 16.5. The van der Waals surface area contributed by atoms with Crippen LogP contribution in [0.15, 0.2) is 27.0 Å². The molecular formula is C19H29N5O2S. The fraction of sp³-hybridized carbons (Fsp3) is 0.526. The van der Waals surface area contributed by atoms with E-state index in [0.29, 0.717) is 12.5 Å². The Balaban J connectivity index is 2.03. The third-order valence-electron chi connectivity index (χ3n) is 4.15. The lowest BCUT2D eigenvalue weighted by molar-refractivity contribution is -0.127. The Morgan fingerprint density at radius 2 is 2.11 bits per heavy atom. The van der Waals surface area contributed by atoms with Gasteiger partial charge in [0.2, 0.25) is 5.91 Å². The molecule has 0 bridgehead atoms. The van der Waals surface area contributed by atoms with Crippen LogP contribution in [0, 0.1) is 0 Å². The molecule has 0 spiro atoms. The Morgan fingerprint density at radius 1 is 1.30 bits per heavy atom. The number of hydrogen-bond donors (Lipinski definition) is 2. The van der Waals surface area contributed by atoms with Crippen LogP contribution < -0.4 is 10.6 Å². The number of hydrogen-bond acceptors (Lipinski definition) is 5. The molecule has 148 valence electrons. The van der Waals surface area contributed by atoms with Crippen molar-refractivity contribution in [2.75, 3.05) is 27.2 Å². The van der Waals surface area contributed by atoms with E-state index in [2.05, 4.69) is 39.2 Å². The maximum atomic E-state index is 11.9. The number of amides is 1. The van der Waals surface area contributed by atoms with Crippen molar-refractivity contribution in [1.82, 2.24) is 20.7 Å². The van der Waals surface area contributed by atoms with Gasteiger partial charge in [0.25, 0.3) is 0 Å². The smallest absolute Gasteiger partial charge is 0.241 e. The topological polar surface area (TPSA) is 82.8 Å². The molecule has 0 aliphatic heterocycles. The molecule has 0 aromatic carbocycles. The van der Waals surface area contributed by atoms with Crippen molar-refractivity contribution in [3.05, 3.63) is 39.4 Å². The molecule has 0 radical (unpaired) electrons. The van der Waals surface area contributed by atoms with E-state index in [1.807, 2.05) is 13.0 Å². The summed E-state index contributed by atoms with van der Waals surface area (Å²) >= 11 is 1.74. The third-order valence-corrected chi connectivity index (χ3v) is 5.09. The summed E-state index contributed by atoms with van der Waals surface area (Å²) in [6.07, 6.45) is 2.50. The highest BCUT2D eigenvalue weighted by molar-refractivity contribution is 7.09. The molecule has 0 atom stereocenters. The number of guanidine groups is 1. The number of carbonyl (C=O) groups is 1. The lowest BCUT2D eigenvalue weighted by Crippen LogP contribution is -2.43. The van der Waals surface area contributed by atoms with Gasteiger partial charge in [-0.05, 0) is 24.3 Å². The second-order valence-corrected chi connectivity index (χ2v) is 7.33. The summed E-state index contributed by atoms with van der Waals surface area (Å²) in [4.78, 5) is 19.4. The minimum Gasteiger partial charge on any atom is -0.361 e. The molecule has 2 aromatic rings. The van der Waals surface area contributed by atoms with Gasteiger partial charge < -0.3 is 20.1 Å². The van der Waals surface area contributed by atoms with Crippen LogP contribution in [0.4, 0.5) is 0 Å². The second kappa shape index (κ2) is 10.7. The Morgan fingerprint density at radius 3 is 2.74 bits per heavy atom. The molecule has 2 aromatic heterocycles.